The summed E-state index contributed by atoms with van der Waals surface area (Å²) in [6.07, 6.45) is 2.44. The monoisotopic (exact) mass is 231 g/mol. The van der Waals surface area contributed by atoms with Crippen molar-refractivity contribution in [1.29, 1.82) is 0 Å². The third-order valence-corrected chi connectivity index (χ3v) is 3.94. The van der Waals surface area contributed by atoms with E-state index in [1.54, 1.807) is 0 Å². The summed E-state index contributed by atoms with van der Waals surface area (Å²) in [5, 5.41) is 0. The lowest BCUT2D eigenvalue weighted by atomic mass is 9.96. The number of nitrogen functional groups attached to an aromatic ring is 1. The Labute approximate surface area is 103 Å². The summed E-state index contributed by atoms with van der Waals surface area (Å²) in [5.41, 5.74) is 9.61. The number of fused-ring (bicyclic) bond motifs is 1. The van der Waals surface area contributed by atoms with E-state index < -0.39 is 0 Å². The Hall–Kier alpha value is -1.22. The Morgan fingerprint density at radius 3 is 2.94 bits per heavy atom. The molecule has 0 saturated carbocycles. The van der Waals surface area contributed by atoms with Crippen molar-refractivity contribution < 1.29 is 0 Å². The molecule has 2 heterocycles. The van der Waals surface area contributed by atoms with Gasteiger partial charge < -0.3 is 15.5 Å². The van der Waals surface area contributed by atoms with Crippen molar-refractivity contribution in [2.75, 3.05) is 43.9 Å². The van der Waals surface area contributed by atoms with E-state index >= 15 is 0 Å². The van der Waals surface area contributed by atoms with E-state index in [0.29, 0.717) is 0 Å². The van der Waals surface area contributed by atoms with Crippen molar-refractivity contribution in [3.8, 4) is 0 Å². The van der Waals surface area contributed by atoms with Crippen LogP contribution in [0, 0.1) is 5.92 Å². The minimum Gasteiger partial charge on any atom is -0.399 e. The molecule has 92 valence electrons. The van der Waals surface area contributed by atoms with Crippen molar-refractivity contribution in [2.24, 2.45) is 5.92 Å². The molecule has 3 rings (SSSR count). The van der Waals surface area contributed by atoms with Crippen molar-refractivity contribution in [3.05, 3.63) is 23.8 Å². The van der Waals surface area contributed by atoms with Crippen LogP contribution in [-0.2, 0) is 6.42 Å². The first-order valence-corrected chi connectivity index (χ1v) is 6.54. The molecule has 3 heteroatoms. The van der Waals surface area contributed by atoms with E-state index in [4.69, 9.17) is 5.73 Å². The lowest BCUT2D eigenvalue weighted by Gasteiger charge is -2.41. The number of benzene rings is 1. The van der Waals surface area contributed by atoms with E-state index in [1.165, 1.54) is 50.3 Å². The SMILES string of the molecule is CN1CC(CN2CCCc3cc(N)ccc32)C1. The van der Waals surface area contributed by atoms with Crippen LogP contribution in [0.4, 0.5) is 11.4 Å². The van der Waals surface area contributed by atoms with Crippen LogP contribution in [0.1, 0.15) is 12.0 Å². The first-order chi connectivity index (χ1) is 8.22. The number of likely N-dealkylation sites (tertiary alicyclic amines) is 1. The molecule has 17 heavy (non-hydrogen) atoms. The summed E-state index contributed by atoms with van der Waals surface area (Å²) in [7, 11) is 2.20. The predicted octanol–water partition coefficient (Wildman–Crippen LogP) is 1.58. The number of nitrogens with two attached hydrogens (primary N) is 1. The fraction of sp³-hybridized carbons (Fsp3) is 0.571. The molecule has 1 fully saturated rings. The number of anilines is 2. The van der Waals surface area contributed by atoms with Gasteiger partial charge in [0.15, 0.2) is 0 Å². The maximum absolute atomic E-state index is 5.86. The van der Waals surface area contributed by atoms with Crippen LogP contribution >= 0.6 is 0 Å². The minimum absolute atomic E-state index is 0.850. The highest BCUT2D eigenvalue weighted by molar-refractivity contribution is 5.61. The summed E-state index contributed by atoms with van der Waals surface area (Å²) in [6.45, 7) is 4.92. The second kappa shape index (κ2) is 4.22. The third-order valence-electron chi connectivity index (χ3n) is 3.94. The summed E-state index contributed by atoms with van der Waals surface area (Å²) >= 11 is 0. The van der Waals surface area contributed by atoms with Crippen LogP contribution in [0.3, 0.4) is 0 Å². The van der Waals surface area contributed by atoms with Crippen molar-refractivity contribution in [1.82, 2.24) is 4.90 Å². The fourth-order valence-corrected chi connectivity index (χ4v) is 3.14. The molecule has 0 radical (unpaired) electrons. The average Bonchev–Trinajstić information content (AvgIpc) is 2.27. The highest BCUT2D eigenvalue weighted by Gasteiger charge is 2.27. The molecular weight excluding hydrogens is 210 g/mol. The first kappa shape index (κ1) is 10.9. The average molecular weight is 231 g/mol. The van der Waals surface area contributed by atoms with E-state index in [0.717, 1.165) is 11.6 Å². The van der Waals surface area contributed by atoms with Crippen LogP contribution in [0.2, 0.25) is 0 Å². The van der Waals surface area contributed by atoms with Gasteiger partial charge in [0.2, 0.25) is 0 Å². The second-order valence-corrected chi connectivity index (χ2v) is 5.52. The summed E-state index contributed by atoms with van der Waals surface area (Å²) in [5.74, 6) is 0.850. The molecule has 3 nitrogen and oxygen atoms in total. The zero-order valence-electron chi connectivity index (χ0n) is 10.5. The van der Waals surface area contributed by atoms with Gasteiger partial charge in [-0.05, 0) is 43.7 Å². The van der Waals surface area contributed by atoms with Crippen LogP contribution in [0.25, 0.3) is 0 Å². The van der Waals surface area contributed by atoms with Crippen molar-refractivity contribution >= 4 is 11.4 Å². The normalized spacial score (nSPS) is 21.1. The number of nitrogens with zero attached hydrogens (tertiary/aromatic N) is 2. The van der Waals surface area contributed by atoms with Crippen LogP contribution in [-0.4, -0.2) is 38.1 Å². The molecule has 1 aromatic carbocycles. The zero-order chi connectivity index (χ0) is 11.8. The van der Waals surface area contributed by atoms with Gasteiger partial charge in [0.1, 0.15) is 0 Å². The smallest absolute Gasteiger partial charge is 0.0400 e. The molecule has 2 aliphatic heterocycles. The molecule has 2 aliphatic rings. The molecule has 0 aliphatic carbocycles. The van der Waals surface area contributed by atoms with E-state index in [-0.39, 0.29) is 0 Å². The molecular formula is C14H21N3. The summed E-state index contributed by atoms with van der Waals surface area (Å²) in [6, 6.07) is 6.38. The molecule has 0 unspecified atom stereocenters. The van der Waals surface area contributed by atoms with Gasteiger partial charge in [-0.2, -0.15) is 0 Å². The molecule has 0 aromatic heterocycles. The third kappa shape index (κ3) is 2.12. The van der Waals surface area contributed by atoms with Crippen molar-refractivity contribution in [2.45, 2.75) is 12.8 Å². The number of aryl methyl sites for hydroxylation is 1. The number of hydrogen-bond acceptors (Lipinski definition) is 3. The molecule has 2 N–H and O–H groups in total. The van der Waals surface area contributed by atoms with E-state index in [9.17, 15) is 0 Å². The highest BCUT2D eigenvalue weighted by atomic mass is 15.2. The van der Waals surface area contributed by atoms with Gasteiger partial charge in [0.25, 0.3) is 0 Å². The van der Waals surface area contributed by atoms with E-state index in [2.05, 4.69) is 29.0 Å². The van der Waals surface area contributed by atoms with Gasteiger partial charge in [0, 0.05) is 43.5 Å². The molecule has 0 bridgehead atoms. The largest absolute Gasteiger partial charge is 0.399 e. The second-order valence-electron chi connectivity index (χ2n) is 5.52. The Bertz CT molecular complexity index is 410. The Kier molecular flexibility index (Phi) is 2.71. The van der Waals surface area contributed by atoms with Gasteiger partial charge in [-0.1, -0.05) is 0 Å². The molecule has 1 aromatic rings. The standard InChI is InChI=1S/C14H21N3/c1-16-8-11(9-16)10-17-6-2-3-12-7-13(15)4-5-14(12)17/h4-5,7,11H,2-3,6,8-10,15H2,1H3. The highest BCUT2D eigenvalue weighted by Crippen LogP contribution is 2.30. The van der Waals surface area contributed by atoms with Crippen LogP contribution in [0.5, 0.6) is 0 Å². The molecule has 0 atom stereocenters. The number of rotatable bonds is 2. The summed E-state index contributed by atoms with van der Waals surface area (Å²) in [4.78, 5) is 4.94. The van der Waals surface area contributed by atoms with Gasteiger partial charge in [0.05, 0.1) is 0 Å². The minimum atomic E-state index is 0.850. The van der Waals surface area contributed by atoms with Crippen molar-refractivity contribution in [3.63, 3.8) is 0 Å². The Morgan fingerprint density at radius 2 is 2.18 bits per heavy atom. The Morgan fingerprint density at radius 1 is 1.35 bits per heavy atom. The molecule has 0 spiro atoms. The lowest BCUT2D eigenvalue weighted by Crippen LogP contribution is -2.50. The zero-order valence-corrected chi connectivity index (χ0v) is 10.5. The van der Waals surface area contributed by atoms with Gasteiger partial charge in [-0.3, -0.25) is 0 Å². The number of hydrogen-bond donors (Lipinski definition) is 1. The maximum Gasteiger partial charge on any atom is 0.0400 e. The summed E-state index contributed by atoms with van der Waals surface area (Å²) < 4.78 is 0. The van der Waals surface area contributed by atoms with Crippen LogP contribution in [0.15, 0.2) is 18.2 Å². The van der Waals surface area contributed by atoms with Gasteiger partial charge >= 0.3 is 0 Å². The first-order valence-electron chi connectivity index (χ1n) is 6.54. The topological polar surface area (TPSA) is 32.5 Å². The van der Waals surface area contributed by atoms with Gasteiger partial charge in [-0.15, -0.1) is 0 Å². The fourth-order valence-electron chi connectivity index (χ4n) is 3.14. The molecule has 1 saturated heterocycles. The van der Waals surface area contributed by atoms with Crippen LogP contribution < -0.4 is 10.6 Å². The van der Waals surface area contributed by atoms with Gasteiger partial charge in [-0.25, -0.2) is 0 Å². The quantitative estimate of drug-likeness (QED) is 0.784. The lowest BCUT2D eigenvalue weighted by molar-refractivity contribution is 0.138. The van der Waals surface area contributed by atoms with E-state index in [1.807, 2.05) is 6.07 Å². The maximum atomic E-state index is 5.86. The molecule has 0 amide bonds. The predicted molar refractivity (Wildman–Crippen MR) is 72.4 cm³/mol. The Balaban J connectivity index is 1.75.